The number of nitrogens with zero attached hydrogens (tertiary/aromatic N) is 4. The maximum Gasteiger partial charge on any atom is 0.312 e. The molecule has 25 heavy (non-hydrogen) atoms. The molecule has 0 unspecified atom stereocenters. The third kappa shape index (κ3) is 3.67. The normalized spacial score (nSPS) is 13.7. The summed E-state index contributed by atoms with van der Waals surface area (Å²) in [5.41, 5.74) is 1.31. The van der Waals surface area contributed by atoms with Gasteiger partial charge >= 0.3 is 5.69 Å². The Kier molecular flexibility index (Phi) is 4.52. The molecule has 0 saturated heterocycles. The van der Waals surface area contributed by atoms with Crippen LogP contribution in [0, 0.1) is 29.8 Å². The lowest BCUT2D eigenvalue weighted by Crippen LogP contribution is -2.35. The number of carbonyl (C=O) groups excluding carboxylic acids is 1. The molecule has 0 atom stereocenters. The van der Waals surface area contributed by atoms with E-state index in [2.05, 4.69) is 5.10 Å². The van der Waals surface area contributed by atoms with Gasteiger partial charge in [0.15, 0.2) is 0 Å². The number of aromatic nitrogens is 2. The molecule has 7 nitrogen and oxygen atoms in total. The summed E-state index contributed by atoms with van der Waals surface area (Å²) in [4.78, 5) is 25.0. The van der Waals surface area contributed by atoms with E-state index in [0.717, 1.165) is 18.4 Å². The first-order valence-electron chi connectivity index (χ1n) is 8.09. The lowest BCUT2D eigenvalue weighted by atomic mass is 10.2. The van der Waals surface area contributed by atoms with E-state index in [1.54, 1.807) is 30.9 Å². The summed E-state index contributed by atoms with van der Waals surface area (Å²) in [6.07, 6.45) is 1.83. The highest BCUT2D eigenvalue weighted by Gasteiger charge is 2.33. The van der Waals surface area contributed by atoms with Crippen molar-refractivity contribution in [1.29, 1.82) is 0 Å². The first-order chi connectivity index (χ1) is 11.9. The number of amides is 1. The van der Waals surface area contributed by atoms with Crippen LogP contribution in [-0.4, -0.2) is 31.6 Å². The third-order valence-corrected chi connectivity index (χ3v) is 4.36. The Morgan fingerprint density at radius 2 is 2.16 bits per heavy atom. The molecule has 8 heteroatoms. The topological polar surface area (TPSA) is 81.3 Å². The van der Waals surface area contributed by atoms with Crippen molar-refractivity contribution >= 4 is 11.6 Å². The standard InChI is InChI=1S/C17H19FN4O3/c1-11-17(22(24)25)12(2)21(19-11)10-16(23)20(15-6-7-15)9-13-4-3-5-14(18)8-13/h3-5,8,15H,6-7,9-10H2,1-2H3. The first kappa shape index (κ1) is 17.1. The Bertz CT molecular complexity index is 829. The molecule has 132 valence electrons. The smallest absolute Gasteiger partial charge is 0.312 e. The van der Waals surface area contributed by atoms with Crippen LogP contribution in [0.3, 0.4) is 0 Å². The zero-order valence-electron chi connectivity index (χ0n) is 14.1. The highest BCUT2D eigenvalue weighted by Crippen LogP contribution is 2.29. The molecule has 0 spiro atoms. The maximum atomic E-state index is 13.4. The third-order valence-electron chi connectivity index (χ3n) is 4.36. The molecule has 1 aliphatic carbocycles. The minimum atomic E-state index is -0.482. The summed E-state index contributed by atoms with van der Waals surface area (Å²) in [7, 11) is 0. The molecule has 0 aliphatic heterocycles. The molecule has 1 fully saturated rings. The second-order valence-corrected chi connectivity index (χ2v) is 6.32. The lowest BCUT2D eigenvalue weighted by Gasteiger charge is -2.23. The second-order valence-electron chi connectivity index (χ2n) is 6.32. The van der Waals surface area contributed by atoms with E-state index < -0.39 is 4.92 Å². The molecule has 0 bridgehead atoms. The molecule has 1 saturated carbocycles. The van der Waals surface area contributed by atoms with Crippen LogP contribution < -0.4 is 0 Å². The van der Waals surface area contributed by atoms with E-state index in [-0.39, 0.29) is 30.0 Å². The molecule has 0 radical (unpaired) electrons. The van der Waals surface area contributed by atoms with Gasteiger partial charge in [-0.1, -0.05) is 12.1 Å². The predicted octanol–water partition coefficient (Wildman–Crippen LogP) is 2.74. The minimum absolute atomic E-state index is 0.0593. The number of hydrogen-bond acceptors (Lipinski definition) is 4. The van der Waals surface area contributed by atoms with Gasteiger partial charge in [0.1, 0.15) is 23.7 Å². The number of hydrogen-bond donors (Lipinski definition) is 0. The van der Waals surface area contributed by atoms with Crippen LogP contribution >= 0.6 is 0 Å². The minimum Gasteiger partial charge on any atom is -0.334 e. The number of aryl methyl sites for hydroxylation is 1. The average molecular weight is 346 g/mol. The fourth-order valence-electron chi connectivity index (χ4n) is 2.96. The summed E-state index contributed by atoms with van der Waals surface area (Å²) in [5.74, 6) is -0.512. The van der Waals surface area contributed by atoms with Crippen LogP contribution in [0.15, 0.2) is 24.3 Å². The highest BCUT2D eigenvalue weighted by atomic mass is 19.1. The van der Waals surface area contributed by atoms with Gasteiger partial charge in [0.05, 0.1) is 4.92 Å². The van der Waals surface area contributed by atoms with E-state index in [9.17, 15) is 19.3 Å². The van der Waals surface area contributed by atoms with E-state index >= 15 is 0 Å². The van der Waals surface area contributed by atoms with E-state index in [1.165, 1.54) is 16.8 Å². The van der Waals surface area contributed by atoms with E-state index in [4.69, 9.17) is 0 Å². The Hall–Kier alpha value is -2.77. The van der Waals surface area contributed by atoms with Crippen LogP contribution in [0.4, 0.5) is 10.1 Å². The van der Waals surface area contributed by atoms with Crippen molar-refractivity contribution in [3.63, 3.8) is 0 Å². The summed E-state index contributed by atoms with van der Waals surface area (Å²) < 4.78 is 14.7. The molecule has 1 aromatic heterocycles. The van der Waals surface area contributed by atoms with Crippen molar-refractivity contribution in [2.45, 2.75) is 45.8 Å². The highest BCUT2D eigenvalue weighted by molar-refractivity contribution is 5.77. The Morgan fingerprint density at radius 1 is 1.44 bits per heavy atom. The second kappa shape index (κ2) is 6.62. The van der Waals surface area contributed by atoms with Gasteiger partial charge in [-0.05, 0) is 44.4 Å². The Labute approximate surface area is 144 Å². The molecule has 2 aromatic rings. The van der Waals surface area contributed by atoms with Crippen molar-refractivity contribution in [2.75, 3.05) is 0 Å². The van der Waals surface area contributed by atoms with Crippen molar-refractivity contribution in [2.24, 2.45) is 0 Å². The van der Waals surface area contributed by atoms with Crippen LogP contribution in [0.25, 0.3) is 0 Å². The molecular formula is C17H19FN4O3. The van der Waals surface area contributed by atoms with Gasteiger partial charge in [0, 0.05) is 12.6 Å². The van der Waals surface area contributed by atoms with E-state index in [0.29, 0.717) is 17.9 Å². The zero-order valence-corrected chi connectivity index (χ0v) is 14.1. The monoisotopic (exact) mass is 346 g/mol. The molecule has 1 heterocycles. The summed E-state index contributed by atoms with van der Waals surface area (Å²) in [6.45, 7) is 3.39. The number of halogens is 1. The predicted molar refractivity (Wildman–Crippen MR) is 88.3 cm³/mol. The lowest BCUT2D eigenvalue weighted by molar-refractivity contribution is -0.386. The quantitative estimate of drug-likeness (QED) is 0.595. The van der Waals surface area contributed by atoms with Crippen molar-refractivity contribution < 1.29 is 14.1 Å². The van der Waals surface area contributed by atoms with E-state index in [1.807, 2.05) is 0 Å². The summed E-state index contributed by atoms with van der Waals surface area (Å²) in [5, 5.41) is 15.2. The van der Waals surface area contributed by atoms with Gasteiger partial charge in [-0.3, -0.25) is 19.6 Å². The van der Waals surface area contributed by atoms with Gasteiger partial charge in [-0.25, -0.2) is 4.39 Å². The van der Waals surface area contributed by atoms with Gasteiger partial charge in [0.25, 0.3) is 0 Å². The number of rotatable bonds is 6. The zero-order chi connectivity index (χ0) is 18.1. The Balaban J connectivity index is 1.78. The van der Waals surface area contributed by atoms with Crippen LogP contribution in [0.1, 0.15) is 29.8 Å². The number of carbonyl (C=O) groups is 1. The maximum absolute atomic E-state index is 13.4. The van der Waals surface area contributed by atoms with Crippen LogP contribution in [0.2, 0.25) is 0 Å². The van der Waals surface area contributed by atoms with Crippen molar-refractivity contribution in [3.8, 4) is 0 Å². The molecule has 1 aliphatic rings. The van der Waals surface area contributed by atoms with Gasteiger partial charge < -0.3 is 4.90 Å². The summed E-state index contributed by atoms with van der Waals surface area (Å²) >= 11 is 0. The molecule has 0 N–H and O–H groups in total. The first-order valence-corrected chi connectivity index (χ1v) is 8.09. The van der Waals surface area contributed by atoms with Gasteiger partial charge in [-0.2, -0.15) is 5.10 Å². The van der Waals surface area contributed by atoms with Crippen LogP contribution in [-0.2, 0) is 17.9 Å². The average Bonchev–Trinajstić information content (AvgIpc) is 3.32. The number of nitro groups is 1. The van der Waals surface area contributed by atoms with Crippen LogP contribution in [0.5, 0.6) is 0 Å². The molecule has 1 amide bonds. The van der Waals surface area contributed by atoms with Crippen molar-refractivity contribution in [3.05, 3.63) is 57.1 Å². The molecule has 3 rings (SSSR count). The summed E-state index contributed by atoms with van der Waals surface area (Å²) in [6, 6.07) is 6.31. The largest absolute Gasteiger partial charge is 0.334 e. The molecule has 1 aromatic carbocycles. The fourth-order valence-corrected chi connectivity index (χ4v) is 2.96. The van der Waals surface area contributed by atoms with Gasteiger partial charge in [0.2, 0.25) is 5.91 Å². The fraction of sp³-hybridized carbons (Fsp3) is 0.412. The molecular weight excluding hydrogens is 327 g/mol. The SMILES string of the molecule is Cc1nn(CC(=O)N(Cc2cccc(F)c2)C2CC2)c(C)c1[N+](=O)[O-]. The Morgan fingerprint density at radius 3 is 2.72 bits per heavy atom. The number of benzene rings is 1. The van der Waals surface area contributed by atoms with Crippen molar-refractivity contribution in [1.82, 2.24) is 14.7 Å². The van der Waals surface area contributed by atoms with Gasteiger partial charge in [-0.15, -0.1) is 0 Å².